The van der Waals surface area contributed by atoms with Crippen molar-refractivity contribution in [2.24, 2.45) is 7.05 Å². The summed E-state index contributed by atoms with van der Waals surface area (Å²) in [6.07, 6.45) is 6.16. The number of nitrogens with one attached hydrogen (secondary N) is 1. The number of pyridine rings is 1. The van der Waals surface area contributed by atoms with Gasteiger partial charge in [0.15, 0.2) is 0 Å². The molecule has 0 aliphatic rings. The third-order valence-corrected chi connectivity index (χ3v) is 4.66. The van der Waals surface area contributed by atoms with Crippen molar-refractivity contribution in [1.82, 2.24) is 14.8 Å². The summed E-state index contributed by atoms with van der Waals surface area (Å²) >= 11 is 5.92. The van der Waals surface area contributed by atoms with Gasteiger partial charge in [-0.1, -0.05) is 30.7 Å². The summed E-state index contributed by atoms with van der Waals surface area (Å²) < 4.78 is 1.74. The average molecular weight is 385 g/mol. The van der Waals surface area contributed by atoms with Gasteiger partial charge in [-0.3, -0.25) is 9.48 Å². The molecule has 3 aromatic rings. The van der Waals surface area contributed by atoms with E-state index in [1.165, 1.54) is 0 Å². The Morgan fingerprint density at radius 2 is 2.11 bits per heavy atom. The average Bonchev–Trinajstić information content (AvgIpc) is 3.07. The highest BCUT2D eigenvalue weighted by molar-refractivity contribution is 6.30. The molecule has 1 atom stereocenters. The number of benzene rings is 1. The second-order valence-corrected chi connectivity index (χ2v) is 6.83. The van der Waals surface area contributed by atoms with E-state index in [2.05, 4.69) is 15.4 Å². The molecule has 3 rings (SSSR count). The first-order chi connectivity index (χ1) is 13.0. The predicted octanol–water partition coefficient (Wildman–Crippen LogP) is 4.85. The molecule has 2 heterocycles. The molecule has 0 amide bonds. The summed E-state index contributed by atoms with van der Waals surface area (Å²) in [5, 5.41) is 17.3. The largest absolute Gasteiger partial charge is 0.481 e. The Morgan fingerprint density at radius 1 is 1.30 bits per heavy atom. The van der Waals surface area contributed by atoms with Crippen molar-refractivity contribution < 1.29 is 9.90 Å². The Bertz CT molecular complexity index is 937. The van der Waals surface area contributed by atoms with Crippen molar-refractivity contribution in [3.05, 3.63) is 59.5 Å². The smallest absolute Gasteiger partial charge is 0.303 e. The Balaban J connectivity index is 2.02. The van der Waals surface area contributed by atoms with E-state index in [1.54, 1.807) is 29.2 Å². The summed E-state index contributed by atoms with van der Waals surface area (Å²) in [6.45, 7) is 2.00. The van der Waals surface area contributed by atoms with Gasteiger partial charge in [0.2, 0.25) is 0 Å². The fourth-order valence-electron chi connectivity index (χ4n) is 3.03. The van der Waals surface area contributed by atoms with Crippen LogP contribution in [0, 0.1) is 0 Å². The molecule has 6 nitrogen and oxygen atoms in total. The van der Waals surface area contributed by atoms with E-state index in [9.17, 15) is 9.90 Å². The second kappa shape index (κ2) is 8.22. The van der Waals surface area contributed by atoms with Crippen LogP contribution in [0.4, 0.5) is 11.5 Å². The van der Waals surface area contributed by atoms with E-state index in [0.29, 0.717) is 10.8 Å². The zero-order chi connectivity index (χ0) is 19.4. The third-order valence-electron chi connectivity index (χ3n) is 4.43. The van der Waals surface area contributed by atoms with Crippen molar-refractivity contribution in [1.29, 1.82) is 0 Å². The molecular formula is C20H21ClN4O2. The van der Waals surface area contributed by atoms with Gasteiger partial charge in [-0.25, -0.2) is 4.98 Å². The quantitative estimate of drug-likeness (QED) is 0.608. The zero-order valence-corrected chi connectivity index (χ0v) is 15.9. The van der Waals surface area contributed by atoms with Gasteiger partial charge in [-0.05, 0) is 36.1 Å². The summed E-state index contributed by atoms with van der Waals surface area (Å²) in [4.78, 5) is 15.5. The van der Waals surface area contributed by atoms with Gasteiger partial charge in [-0.15, -0.1) is 0 Å². The highest BCUT2D eigenvalue weighted by atomic mass is 35.5. The Morgan fingerprint density at radius 3 is 2.70 bits per heavy atom. The summed E-state index contributed by atoms with van der Waals surface area (Å²) in [7, 11) is 1.87. The fraction of sp³-hybridized carbons (Fsp3) is 0.250. The Kier molecular flexibility index (Phi) is 5.76. The number of halogens is 1. The van der Waals surface area contributed by atoms with Crippen LogP contribution in [0.1, 0.15) is 31.2 Å². The fourth-order valence-corrected chi connectivity index (χ4v) is 3.14. The van der Waals surface area contributed by atoms with Gasteiger partial charge in [0.1, 0.15) is 5.82 Å². The lowest BCUT2D eigenvalue weighted by Gasteiger charge is -2.17. The van der Waals surface area contributed by atoms with Crippen molar-refractivity contribution in [3.8, 4) is 11.1 Å². The monoisotopic (exact) mass is 384 g/mol. The molecule has 2 aromatic heterocycles. The van der Waals surface area contributed by atoms with E-state index in [-0.39, 0.29) is 12.3 Å². The predicted molar refractivity (Wildman–Crippen MR) is 106 cm³/mol. The van der Waals surface area contributed by atoms with Crippen LogP contribution in [0.25, 0.3) is 11.1 Å². The minimum Gasteiger partial charge on any atom is -0.481 e. The molecule has 140 valence electrons. The number of anilines is 2. The molecule has 0 saturated heterocycles. The van der Waals surface area contributed by atoms with Gasteiger partial charge in [0.05, 0.1) is 17.6 Å². The molecule has 0 aliphatic carbocycles. The minimum absolute atomic E-state index is 0.0517. The van der Waals surface area contributed by atoms with Crippen LogP contribution in [0.2, 0.25) is 5.02 Å². The van der Waals surface area contributed by atoms with E-state index in [1.807, 2.05) is 38.4 Å². The summed E-state index contributed by atoms with van der Waals surface area (Å²) in [5.74, 6) is -0.191. The highest BCUT2D eigenvalue weighted by Gasteiger charge is 2.17. The first kappa shape index (κ1) is 18.9. The van der Waals surface area contributed by atoms with Crippen LogP contribution in [0.15, 0.2) is 48.9 Å². The summed E-state index contributed by atoms with van der Waals surface area (Å²) in [5.41, 5.74) is 3.75. The number of carbonyl (C=O) groups is 1. The molecule has 0 spiro atoms. The van der Waals surface area contributed by atoms with Gasteiger partial charge < -0.3 is 10.4 Å². The Hall–Kier alpha value is -2.86. The number of carboxylic acids is 1. The van der Waals surface area contributed by atoms with Crippen molar-refractivity contribution in [3.63, 3.8) is 0 Å². The summed E-state index contributed by atoms with van der Waals surface area (Å²) in [6, 6.07) is 9.55. The number of aryl methyl sites for hydroxylation is 1. The van der Waals surface area contributed by atoms with E-state index in [4.69, 9.17) is 11.6 Å². The normalized spacial score (nSPS) is 12.0. The number of nitrogens with zero attached hydrogens (tertiary/aromatic N) is 3. The van der Waals surface area contributed by atoms with Gasteiger partial charge >= 0.3 is 5.97 Å². The molecule has 7 heteroatoms. The van der Waals surface area contributed by atoms with Gasteiger partial charge in [0, 0.05) is 36.3 Å². The lowest BCUT2D eigenvalue weighted by Crippen LogP contribution is -2.06. The van der Waals surface area contributed by atoms with Crippen LogP contribution in [0.5, 0.6) is 0 Å². The lowest BCUT2D eigenvalue weighted by atomic mass is 9.91. The van der Waals surface area contributed by atoms with E-state index in [0.717, 1.165) is 28.8 Å². The van der Waals surface area contributed by atoms with Crippen LogP contribution >= 0.6 is 11.6 Å². The number of rotatable bonds is 7. The molecule has 0 bridgehead atoms. The van der Waals surface area contributed by atoms with Crippen LogP contribution in [0.3, 0.4) is 0 Å². The minimum atomic E-state index is -0.799. The Labute approximate surface area is 162 Å². The van der Waals surface area contributed by atoms with Crippen LogP contribution in [-0.2, 0) is 11.8 Å². The van der Waals surface area contributed by atoms with Gasteiger partial charge in [-0.2, -0.15) is 5.10 Å². The van der Waals surface area contributed by atoms with Crippen LogP contribution in [-0.4, -0.2) is 25.8 Å². The molecule has 1 aromatic carbocycles. The van der Waals surface area contributed by atoms with Crippen molar-refractivity contribution >= 4 is 29.1 Å². The van der Waals surface area contributed by atoms with Crippen molar-refractivity contribution in [2.45, 2.75) is 25.7 Å². The highest BCUT2D eigenvalue weighted by Crippen LogP contribution is 2.34. The SMILES string of the molecule is CCC(CC(=O)O)c1ccc(-c2cnn(C)c2)c(Nc2ccc(Cl)cn2)c1. The maximum atomic E-state index is 11.2. The zero-order valence-electron chi connectivity index (χ0n) is 15.2. The lowest BCUT2D eigenvalue weighted by molar-refractivity contribution is -0.137. The van der Waals surface area contributed by atoms with Crippen molar-refractivity contribution in [2.75, 3.05) is 5.32 Å². The molecule has 2 N–H and O–H groups in total. The second-order valence-electron chi connectivity index (χ2n) is 6.40. The third kappa shape index (κ3) is 4.65. The maximum absolute atomic E-state index is 11.2. The number of hydrogen-bond acceptors (Lipinski definition) is 4. The topological polar surface area (TPSA) is 80.0 Å². The molecule has 1 unspecified atom stereocenters. The standard InChI is InChI=1S/C20H21ClN4O2/c1-3-13(9-20(26)27)14-4-6-17(15-10-23-25(2)12-15)18(8-14)24-19-7-5-16(21)11-22-19/h4-8,10-13H,3,9H2,1-2H3,(H,22,24)(H,26,27). The molecule has 0 radical (unpaired) electrons. The first-order valence-electron chi connectivity index (χ1n) is 8.69. The molecule has 0 fully saturated rings. The number of aliphatic carboxylic acids is 1. The first-order valence-corrected chi connectivity index (χ1v) is 9.07. The molecule has 27 heavy (non-hydrogen) atoms. The van der Waals surface area contributed by atoms with Gasteiger partial charge in [0.25, 0.3) is 0 Å². The molecule has 0 aliphatic heterocycles. The number of hydrogen-bond donors (Lipinski definition) is 2. The van der Waals surface area contributed by atoms with E-state index < -0.39 is 5.97 Å². The van der Waals surface area contributed by atoms with Crippen LogP contribution < -0.4 is 5.32 Å². The number of carboxylic acid groups (broad SMARTS) is 1. The maximum Gasteiger partial charge on any atom is 0.303 e. The number of aromatic nitrogens is 3. The molecular weight excluding hydrogens is 364 g/mol. The van der Waals surface area contributed by atoms with E-state index >= 15 is 0 Å². The molecule has 0 saturated carbocycles.